The number of nitrogens with one attached hydrogen (secondary N) is 1. The number of thiophene rings is 1. The molecule has 0 atom stereocenters. The lowest BCUT2D eigenvalue weighted by atomic mass is 10.1. The van der Waals surface area contributed by atoms with E-state index in [1.54, 1.807) is 6.07 Å². The fraction of sp³-hybridized carbons (Fsp3) is 0.583. The summed E-state index contributed by atoms with van der Waals surface area (Å²) in [6.45, 7) is 2.39. The summed E-state index contributed by atoms with van der Waals surface area (Å²) in [6, 6.07) is 3.05. The van der Waals surface area contributed by atoms with Crippen molar-refractivity contribution in [3.05, 3.63) is 16.5 Å². The van der Waals surface area contributed by atoms with Crippen molar-refractivity contribution in [2.45, 2.75) is 23.5 Å². The Morgan fingerprint density at radius 1 is 1.38 bits per heavy atom. The van der Waals surface area contributed by atoms with E-state index in [2.05, 4.69) is 9.71 Å². The van der Waals surface area contributed by atoms with Gasteiger partial charge in [0, 0.05) is 19.6 Å². The Morgan fingerprint density at radius 3 is 2.71 bits per heavy atom. The number of aliphatic imine (C=N–C) groups is 1. The number of piperidine rings is 1. The number of nitrogens with zero attached hydrogens (tertiary/aromatic N) is 2. The van der Waals surface area contributed by atoms with Gasteiger partial charge < -0.3 is 10.6 Å². The van der Waals surface area contributed by atoms with Gasteiger partial charge >= 0.3 is 0 Å². The van der Waals surface area contributed by atoms with Crippen LogP contribution in [0.4, 0.5) is 0 Å². The van der Waals surface area contributed by atoms with Crippen LogP contribution in [0, 0.1) is 0 Å². The number of nitrogens with two attached hydrogens (primary N) is 1. The van der Waals surface area contributed by atoms with Crippen LogP contribution in [-0.2, 0) is 10.0 Å². The molecule has 0 spiro atoms. The van der Waals surface area contributed by atoms with Gasteiger partial charge in [0.15, 0.2) is 5.96 Å². The van der Waals surface area contributed by atoms with Gasteiger partial charge in [-0.1, -0.05) is 11.6 Å². The summed E-state index contributed by atoms with van der Waals surface area (Å²) in [4.78, 5) is 6.26. The van der Waals surface area contributed by atoms with Crippen molar-refractivity contribution in [1.29, 1.82) is 0 Å². The fourth-order valence-corrected chi connectivity index (χ4v) is 4.64. The summed E-state index contributed by atoms with van der Waals surface area (Å²) in [6.07, 6.45) is 3.48. The minimum Gasteiger partial charge on any atom is -0.370 e. The monoisotopic (exact) mass is 350 g/mol. The van der Waals surface area contributed by atoms with Crippen molar-refractivity contribution >= 4 is 38.9 Å². The molecule has 9 heteroatoms. The van der Waals surface area contributed by atoms with E-state index in [1.807, 2.05) is 4.90 Å². The SMILES string of the molecule is NC(=NCCNS(=O)(=O)c1ccc(Cl)s1)N1CCCCC1. The molecule has 1 saturated heterocycles. The quantitative estimate of drug-likeness (QED) is 0.478. The fourth-order valence-electron chi connectivity index (χ4n) is 2.09. The molecular formula is C12H19ClN4O2S2. The number of rotatable bonds is 5. The summed E-state index contributed by atoms with van der Waals surface area (Å²) in [5.74, 6) is 0.494. The predicted octanol–water partition coefficient (Wildman–Crippen LogP) is 1.48. The third-order valence-corrected chi connectivity index (χ3v) is 6.36. The molecule has 0 unspecified atom stereocenters. The van der Waals surface area contributed by atoms with Gasteiger partial charge in [0.05, 0.1) is 10.9 Å². The van der Waals surface area contributed by atoms with E-state index in [9.17, 15) is 8.42 Å². The molecule has 1 aliphatic heterocycles. The van der Waals surface area contributed by atoms with Crippen molar-refractivity contribution in [2.24, 2.45) is 10.7 Å². The maximum Gasteiger partial charge on any atom is 0.250 e. The molecule has 6 nitrogen and oxygen atoms in total. The normalized spacial score (nSPS) is 17.2. The van der Waals surface area contributed by atoms with Crippen molar-refractivity contribution in [3.8, 4) is 0 Å². The molecule has 0 bridgehead atoms. The summed E-state index contributed by atoms with van der Waals surface area (Å²) < 4.78 is 27.0. The van der Waals surface area contributed by atoms with Gasteiger partial charge in [0.1, 0.15) is 4.21 Å². The van der Waals surface area contributed by atoms with Gasteiger partial charge in [-0.2, -0.15) is 0 Å². The third-order valence-electron chi connectivity index (χ3n) is 3.17. The van der Waals surface area contributed by atoms with Gasteiger partial charge in [-0.05, 0) is 31.4 Å². The van der Waals surface area contributed by atoms with E-state index in [4.69, 9.17) is 17.3 Å². The van der Waals surface area contributed by atoms with Gasteiger partial charge in [-0.25, -0.2) is 13.1 Å². The summed E-state index contributed by atoms with van der Waals surface area (Å²) >= 11 is 6.77. The highest BCUT2D eigenvalue weighted by Crippen LogP contribution is 2.25. The van der Waals surface area contributed by atoms with Crippen LogP contribution in [0.5, 0.6) is 0 Å². The number of likely N-dealkylation sites (tertiary alicyclic amines) is 1. The second-order valence-electron chi connectivity index (χ2n) is 4.74. The van der Waals surface area contributed by atoms with Gasteiger partial charge in [0.2, 0.25) is 10.0 Å². The summed E-state index contributed by atoms with van der Waals surface area (Å²) in [5.41, 5.74) is 5.90. The van der Waals surface area contributed by atoms with E-state index >= 15 is 0 Å². The maximum atomic E-state index is 11.9. The Kier molecular flexibility index (Phi) is 5.86. The zero-order valence-electron chi connectivity index (χ0n) is 11.6. The summed E-state index contributed by atoms with van der Waals surface area (Å²) in [7, 11) is -3.50. The van der Waals surface area contributed by atoms with Crippen LogP contribution in [0.15, 0.2) is 21.3 Å². The molecular weight excluding hydrogens is 332 g/mol. The predicted molar refractivity (Wildman–Crippen MR) is 86.4 cm³/mol. The molecule has 1 aromatic rings. The van der Waals surface area contributed by atoms with Crippen molar-refractivity contribution < 1.29 is 8.42 Å². The van der Waals surface area contributed by atoms with E-state index in [0.29, 0.717) is 16.8 Å². The Bertz CT molecular complexity index is 594. The zero-order valence-corrected chi connectivity index (χ0v) is 14.0. The Balaban J connectivity index is 1.81. The van der Waals surface area contributed by atoms with Crippen LogP contribution in [-0.4, -0.2) is 45.5 Å². The highest BCUT2D eigenvalue weighted by molar-refractivity contribution is 7.91. The first-order valence-corrected chi connectivity index (χ1v) is 9.47. The zero-order chi connectivity index (χ0) is 15.3. The number of halogens is 1. The van der Waals surface area contributed by atoms with Crippen LogP contribution >= 0.6 is 22.9 Å². The molecule has 0 aliphatic carbocycles. The van der Waals surface area contributed by atoms with Crippen molar-refractivity contribution in [2.75, 3.05) is 26.2 Å². The Morgan fingerprint density at radius 2 is 2.10 bits per heavy atom. The molecule has 2 heterocycles. The third kappa shape index (κ3) is 4.84. The molecule has 21 heavy (non-hydrogen) atoms. The average Bonchev–Trinajstić information content (AvgIpc) is 2.92. The van der Waals surface area contributed by atoms with Gasteiger partial charge in [-0.15, -0.1) is 11.3 Å². The topological polar surface area (TPSA) is 87.8 Å². The molecule has 118 valence electrons. The van der Waals surface area contributed by atoms with Crippen LogP contribution in [0.1, 0.15) is 19.3 Å². The standard InChI is InChI=1S/C12H19ClN4O2S2/c13-10-4-5-11(20-10)21(18,19)16-7-6-15-12(14)17-8-2-1-3-9-17/h4-5,16H,1-3,6-9H2,(H2,14,15). The molecule has 1 fully saturated rings. The lowest BCUT2D eigenvalue weighted by Crippen LogP contribution is -2.41. The van der Waals surface area contributed by atoms with Gasteiger partial charge in [-0.3, -0.25) is 4.99 Å². The first kappa shape index (κ1) is 16.5. The van der Waals surface area contributed by atoms with Crippen molar-refractivity contribution in [3.63, 3.8) is 0 Å². The van der Waals surface area contributed by atoms with Crippen LogP contribution < -0.4 is 10.5 Å². The molecule has 2 rings (SSSR count). The second kappa shape index (κ2) is 7.44. The largest absolute Gasteiger partial charge is 0.370 e. The van der Waals surface area contributed by atoms with E-state index in [-0.39, 0.29) is 10.8 Å². The van der Waals surface area contributed by atoms with E-state index in [0.717, 1.165) is 37.3 Å². The molecule has 0 radical (unpaired) electrons. The summed E-state index contributed by atoms with van der Waals surface area (Å²) in [5, 5.41) is 0. The highest BCUT2D eigenvalue weighted by Gasteiger charge is 2.16. The molecule has 0 aromatic carbocycles. The average molecular weight is 351 g/mol. The first-order chi connectivity index (χ1) is 9.99. The van der Waals surface area contributed by atoms with E-state index in [1.165, 1.54) is 12.5 Å². The molecule has 1 aliphatic rings. The Labute approximate surface area is 134 Å². The van der Waals surface area contributed by atoms with Crippen LogP contribution in [0.25, 0.3) is 0 Å². The van der Waals surface area contributed by atoms with Gasteiger partial charge in [0.25, 0.3) is 0 Å². The number of hydrogen-bond donors (Lipinski definition) is 2. The maximum absolute atomic E-state index is 11.9. The van der Waals surface area contributed by atoms with Crippen LogP contribution in [0.2, 0.25) is 4.34 Å². The Hall–Kier alpha value is -0.830. The minimum absolute atomic E-state index is 0.209. The molecule has 0 amide bonds. The van der Waals surface area contributed by atoms with Crippen molar-refractivity contribution in [1.82, 2.24) is 9.62 Å². The number of guanidine groups is 1. The highest BCUT2D eigenvalue weighted by atomic mass is 35.5. The first-order valence-electron chi connectivity index (χ1n) is 6.79. The number of hydrogen-bond acceptors (Lipinski definition) is 4. The lowest BCUT2D eigenvalue weighted by molar-refractivity contribution is 0.338. The smallest absolute Gasteiger partial charge is 0.250 e. The second-order valence-corrected chi connectivity index (χ2v) is 8.45. The van der Waals surface area contributed by atoms with Crippen LogP contribution in [0.3, 0.4) is 0 Å². The molecule has 3 N–H and O–H groups in total. The molecule has 0 saturated carbocycles. The lowest BCUT2D eigenvalue weighted by Gasteiger charge is -2.27. The minimum atomic E-state index is -3.50. The molecule has 1 aromatic heterocycles. The van der Waals surface area contributed by atoms with E-state index < -0.39 is 10.0 Å². The number of sulfonamides is 1.